The van der Waals surface area contributed by atoms with Crippen molar-refractivity contribution < 1.29 is 13.2 Å². The van der Waals surface area contributed by atoms with Gasteiger partial charge in [0.25, 0.3) is 15.9 Å². The van der Waals surface area contributed by atoms with E-state index in [9.17, 15) is 13.2 Å². The van der Waals surface area contributed by atoms with Crippen LogP contribution in [0.1, 0.15) is 43.0 Å². The van der Waals surface area contributed by atoms with E-state index in [-0.39, 0.29) is 10.8 Å². The Morgan fingerprint density at radius 2 is 1.73 bits per heavy atom. The second kappa shape index (κ2) is 9.38. The number of benzene rings is 2. The van der Waals surface area contributed by atoms with Crippen molar-refractivity contribution in [3.05, 3.63) is 60.2 Å². The van der Waals surface area contributed by atoms with Gasteiger partial charge in [-0.1, -0.05) is 50.5 Å². The van der Waals surface area contributed by atoms with Crippen molar-refractivity contribution in [1.29, 1.82) is 0 Å². The van der Waals surface area contributed by atoms with E-state index in [4.69, 9.17) is 0 Å². The molecule has 0 bridgehead atoms. The van der Waals surface area contributed by atoms with Crippen LogP contribution in [-0.4, -0.2) is 27.9 Å². The van der Waals surface area contributed by atoms with Crippen LogP contribution in [0, 0.1) is 0 Å². The molecule has 6 heteroatoms. The maximum absolute atomic E-state index is 12.8. The molecule has 26 heavy (non-hydrogen) atoms. The van der Waals surface area contributed by atoms with Crippen molar-refractivity contribution in [3.8, 4) is 0 Å². The van der Waals surface area contributed by atoms with Gasteiger partial charge in [-0.2, -0.15) is 0 Å². The number of nitrogens with zero attached hydrogens (tertiary/aromatic N) is 1. The average molecular weight is 375 g/mol. The number of para-hydroxylation sites is 1. The highest BCUT2D eigenvalue weighted by Gasteiger charge is 2.22. The summed E-state index contributed by atoms with van der Waals surface area (Å²) in [7, 11) is -2.22. The van der Waals surface area contributed by atoms with Gasteiger partial charge in [0.15, 0.2) is 0 Å². The van der Waals surface area contributed by atoms with E-state index in [1.807, 2.05) is 6.07 Å². The molecule has 0 aliphatic carbocycles. The Morgan fingerprint density at radius 3 is 2.42 bits per heavy atom. The number of amides is 1. The van der Waals surface area contributed by atoms with Crippen molar-refractivity contribution in [2.75, 3.05) is 17.9 Å². The maximum Gasteiger partial charge on any atom is 0.264 e. The number of anilines is 1. The van der Waals surface area contributed by atoms with Crippen molar-refractivity contribution in [1.82, 2.24) is 5.32 Å². The van der Waals surface area contributed by atoms with Crippen LogP contribution < -0.4 is 9.62 Å². The Bertz CT molecular complexity index is 820. The third-order valence-corrected chi connectivity index (χ3v) is 5.97. The second-order valence-corrected chi connectivity index (χ2v) is 8.12. The molecule has 0 atom stereocenters. The highest BCUT2D eigenvalue weighted by Crippen LogP contribution is 2.22. The van der Waals surface area contributed by atoms with Crippen LogP contribution in [0.3, 0.4) is 0 Å². The molecular formula is C20H26N2O3S. The summed E-state index contributed by atoms with van der Waals surface area (Å²) in [6, 6.07) is 15.0. The number of carbonyl (C=O) groups excluding carboxylic acids is 1. The van der Waals surface area contributed by atoms with E-state index in [0.29, 0.717) is 17.8 Å². The van der Waals surface area contributed by atoms with Crippen LogP contribution in [0.15, 0.2) is 59.5 Å². The zero-order chi connectivity index (χ0) is 19.0. The van der Waals surface area contributed by atoms with Crippen LogP contribution in [0.2, 0.25) is 0 Å². The molecular weight excluding hydrogens is 348 g/mol. The van der Waals surface area contributed by atoms with Gasteiger partial charge in [-0.25, -0.2) is 8.42 Å². The van der Waals surface area contributed by atoms with Crippen molar-refractivity contribution >= 4 is 21.6 Å². The Morgan fingerprint density at radius 1 is 1.00 bits per heavy atom. The molecule has 0 aromatic heterocycles. The summed E-state index contributed by atoms with van der Waals surface area (Å²) < 4.78 is 26.9. The number of nitrogens with one attached hydrogen (secondary N) is 1. The summed E-state index contributed by atoms with van der Waals surface area (Å²) in [5.74, 6) is -0.249. The van der Waals surface area contributed by atoms with Gasteiger partial charge >= 0.3 is 0 Å². The molecule has 0 saturated carbocycles. The average Bonchev–Trinajstić information content (AvgIpc) is 2.67. The molecule has 0 fully saturated rings. The highest BCUT2D eigenvalue weighted by molar-refractivity contribution is 7.92. The maximum atomic E-state index is 12.8. The minimum Gasteiger partial charge on any atom is -0.352 e. The molecule has 2 rings (SSSR count). The third kappa shape index (κ3) is 5.08. The molecule has 2 aromatic rings. The smallest absolute Gasteiger partial charge is 0.264 e. The van der Waals surface area contributed by atoms with Crippen molar-refractivity contribution in [2.24, 2.45) is 0 Å². The Labute approximate surface area is 156 Å². The van der Waals surface area contributed by atoms with E-state index < -0.39 is 10.0 Å². The Balaban J connectivity index is 2.11. The van der Waals surface area contributed by atoms with Gasteiger partial charge < -0.3 is 5.32 Å². The van der Waals surface area contributed by atoms with E-state index in [1.54, 1.807) is 36.4 Å². The van der Waals surface area contributed by atoms with Gasteiger partial charge in [-0.3, -0.25) is 9.10 Å². The molecule has 1 amide bonds. The van der Waals surface area contributed by atoms with Crippen molar-refractivity contribution in [2.45, 2.75) is 37.5 Å². The summed E-state index contributed by atoms with van der Waals surface area (Å²) >= 11 is 0. The number of unbranched alkanes of at least 4 members (excludes halogenated alkanes) is 3. The molecule has 0 aliphatic rings. The van der Waals surface area contributed by atoms with Gasteiger partial charge in [-0.15, -0.1) is 0 Å². The van der Waals surface area contributed by atoms with Crippen LogP contribution in [-0.2, 0) is 10.0 Å². The lowest BCUT2D eigenvalue weighted by molar-refractivity contribution is 0.0952. The number of rotatable bonds is 9. The first-order chi connectivity index (χ1) is 12.5. The SMILES string of the molecule is CCCCCCNC(=O)c1cccc(S(=O)(=O)N(C)c2ccccc2)c1. The largest absolute Gasteiger partial charge is 0.352 e. The van der Waals surface area contributed by atoms with E-state index in [2.05, 4.69) is 12.2 Å². The van der Waals surface area contributed by atoms with Crippen LogP contribution in [0.4, 0.5) is 5.69 Å². The zero-order valence-electron chi connectivity index (χ0n) is 15.3. The normalized spacial score (nSPS) is 11.2. The van der Waals surface area contributed by atoms with Gasteiger partial charge in [-0.05, 0) is 36.8 Å². The van der Waals surface area contributed by atoms with Gasteiger partial charge in [0.2, 0.25) is 0 Å². The first-order valence-corrected chi connectivity index (χ1v) is 10.3. The quantitative estimate of drug-likeness (QED) is 0.679. The first kappa shape index (κ1) is 20.0. The highest BCUT2D eigenvalue weighted by atomic mass is 32.2. The predicted molar refractivity (Wildman–Crippen MR) is 105 cm³/mol. The summed E-state index contributed by atoms with van der Waals surface area (Å²) in [4.78, 5) is 12.4. The van der Waals surface area contributed by atoms with Crippen molar-refractivity contribution in [3.63, 3.8) is 0 Å². The third-order valence-electron chi connectivity index (χ3n) is 4.19. The fourth-order valence-corrected chi connectivity index (χ4v) is 3.83. The zero-order valence-corrected chi connectivity index (χ0v) is 16.1. The summed E-state index contributed by atoms with van der Waals surface area (Å²) in [6.45, 7) is 2.73. The van der Waals surface area contributed by atoms with E-state index in [1.165, 1.54) is 23.5 Å². The van der Waals surface area contributed by atoms with Crippen LogP contribution >= 0.6 is 0 Å². The number of carbonyl (C=O) groups is 1. The number of sulfonamides is 1. The van der Waals surface area contributed by atoms with Crippen LogP contribution in [0.5, 0.6) is 0 Å². The Kier molecular flexibility index (Phi) is 7.21. The molecule has 0 radical (unpaired) electrons. The Hall–Kier alpha value is -2.34. The molecule has 1 N–H and O–H groups in total. The van der Waals surface area contributed by atoms with E-state index in [0.717, 1.165) is 25.7 Å². The predicted octanol–water partition coefficient (Wildman–Crippen LogP) is 3.82. The summed E-state index contributed by atoms with van der Waals surface area (Å²) in [5.41, 5.74) is 0.918. The molecule has 140 valence electrons. The van der Waals surface area contributed by atoms with E-state index >= 15 is 0 Å². The van der Waals surface area contributed by atoms with Gasteiger partial charge in [0.1, 0.15) is 0 Å². The minimum absolute atomic E-state index is 0.0995. The molecule has 0 unspecified atom stereocenters. The molecule has 5 nitrogen and oxygen atoms in total. The summed E-state index contributed by atoms with van der Waals surface area (Å²) in [5, 5.41) is 2.85. The molecule has 0 saturated heterocycles. The number of hydrogen-bond acceptors (Lipinski definition) is 3. The fourth-order valence-electron chi connectivity index (χ4n) is 2.59. The molecule has 2 aromatic carbocycles. The lowest BCUT2D eigenvalue weighted by atomic mass is 10.2. The summed E-state index contributed by atoms with van der Waals surface area (Å²) in [6.07, 6.45) is 4.29. The monoisotopic (exact) mass is 374 g/mol. The molecule has 0 spiro atoms. The van der Waals surface area contributed by atoms with Gasteiger partial charge in [0.05, 0.1) is 10.6 Å². The fraction of sp³-hybridized carbons (Fsp3) is 0.350. The minimum atomic E-state index is -3.73. The molecule has 0 heterocycles. The topological polar surface area (TPSA) is 66.5 Å². The lowest BCUT2D eigenvalue weighted by Crippen LogP contribution is -2.28. The second-order valence-electron chi connectivity index (χ2n) is 6.15. The lowest BCUT2D eigenvalue weighted by Gasteiger charge is -2.19. The van der Waals surface area contributed by atoms with Crippen LogP contribution in [0.25, 0.3) is 0 Å². The molecule has 0 aliphatic heterocycles. The number of hydrogen-bond donors (Lipinski definition) is 1. The first-order valence-electron chi connectivity index (χ1n) is 8.89. The standard InChI is InChI=1S/C20H26N2O3S/c1-3-4-5-9-15-21-20(23)17-11-10-14-19(16-17)26(24,25)22(2)18-12-7-6-8-13-18/h6-8,10-14,16H,3-5,9,15H2,1-2H3,(H,21,23). The van der Waals surface area contributed by atoms with Gasteiger partial charge in [0, 0.05) is 19.2 Å².